The molecule has 0 bridgehead atoms. The molecular weight excluding hydrogens is 448 g/mol. The van der Waals surface area contributed by atoms with Crippen LogP contribution < -0.4 is 15.6 Å². The van der Waals surface area contributed by atoms with Crippen LogP contribution in [0, 0.1) is 13.8 Å². The molecule has 34 heavy (non-hydrogen) atoms. The maximum atomic E-state index is 12.4. The van der Waals surface area contributed by atoms with Crippen molar-refractivity contribution in [2.24, 2.45) is 0 Å². The van der Waals surface area contributed by atoms with Crippen molar-refractivity contribution < 1.29 is 14.3 Å². The molecule has 2 N–H and O–H groups in total. The Hall–Kier alpha value is -3.78. The molecule has 2 heterocycles. The van der Waals surface area contributed by atoms with Crippen molar-refractivity contribution in [3.05, 3.63) is 95.4 Å². The summed E-state index contributed by atoms with van der Waals surface area (Å²) in [4.78, 5) is 30.4. The zero-order chi connectivity index (χ0) is 24.1. The van der Waals surface area contributed by atoms with Gasteiger partial charge in [0.15, 0.2) is 6.10 Å². The molecule has 1 unspecified atom stereocenters. The second-order valence-electron chi connectivity index (χ2n) is 7.91. The molecule has 2 aromatic heterocycles. The van der Waals surface area contributed by atoms with Crippen molar-refractivity contribution in [3.63, 3.8) is 0 Å². The van der Waals surface area contributed by atoms with Gasteiger partial charge in [0.05, 0.1) is 5.69 Å². The van der Waals surface area contributed by atoms with Crippen LogP contribution in [0.5, 0.6) is 5.75 Å². The van der Waals surface area contributed by atoms with E-state index in [-0.39, 0.29) is 0 Å². The molecule has 7 nitrogen and oxygen atoms in total. The molecule has 0 saturated heterocycles. The Labute approximate surface area is 202 Å². The number of ether oxygens (including phenoxy) is 1. The molecule has 0 fully saturated rings. The number of amides is 2. The number of hydrogen-bond donors (Lipinski definition) is 2. The Morgan fingerprint density at radius 2 is 1.82 bits per heavy atom. The zero-order valence-electron chi connectivity index (χ0n) is 19.2. The quantitative estimate of drug-likeness (QED) is 0.305. The number of rotatable bonds is 7. The van der Waals surface area contributed by atoms with Gasteiger partial charge in [-0.25, -0.2) is 4.98 Å². The van der Waals surface area contributed by atoms with E-state index in [0.717, 1.165) is 33.1 Å². The molecule has 4 rings (SSSR count). The van der Waals surface area contributed by atoms with Crippen LogP contribution in [0.2, 0.25) is 0 Å². The molecule has 4 aromatic rings. The van der Waals surface area contributed by atoms with Crippen molar-refractivity contribution in [2.45, 2.75) is 37.5 Å². The summed E-state index contributed by atoms with van der Waals surface area (Å²) < 4.78 is 7.74. The molecule has 174 valence electrons. The topological polar surface area (TPSA) is 84.7 Å². The minimum absolute atomic E-state index is 0.399. The number of pyridine rings is 1. The van der Waals surface area contributed by atoms with E-state index in [2.05, 4.69) is 15.8 Å². The number of nitrogens with one attached hydrogen (secondary N) is 2. The highest BCUT2D eigenvalue weighted by atomic mass is 32.2. The Morgan fingerprint density at radius 3 is 2.59 bits per heavy atom. The lowest BCUT2D eigenvalue weighted by atomic mass is 10.1. The van der Waals surface area contributed by atoms with Crippen LogP contribution in [0.3, 0.4) is 0 Å². The van der Waals surface area contributed by atoms with Crippen LogP contribution >= 0.6 is 11.8 Å². The van der Waals surface area contributed by atoms with Crippen molar-refractivity contribution in [2.75, 3.05) is 0 Å². The largest absolute Gasteiger partial charge is 0.481 e. The van der Waals surface area contributed by atoms with E-state index in [1.165, 1.54) is 0 Å². The number of fused-ring (bicyclic) bond motifs is 1. The molecule has 0 saturated carbocycles. The van der Waals surface area contributed by atoms with Gasteiger partial charge in [0, 0.05) is 28.6 Å². The van der Waals surface area contributed by atoms with E-state index in [0.29, 0.717) is 11.3 Å². The van der Waals surface area contributed by atoms with E-state index in [1.807, 2.05) is 79.2 Å². The molecule has 0 aliphatic rings. The number of carbonyl (C=O) groups excluding carboxylic acids is 2. The van der Waals surface area contributed by atoms with Crippen LogP contribution in [0.4, 0.5) is 0 Å². The highest BCUT2D eigenvalue weighted by Crippen LogP contribution is 2.23. The SMILES string of the molecule is Cc1cccc(OC(C)C(=O)NNC(=O)c2ccc(SCc3cn4ccccc4n3)cc2)c1C. The summed E-state index contributed by atoms with van der Waals surface area (Å²) in [5.74, 6) is 0.533. The zero-order valence-corrected chi connectivity index (χ0v) is 20.1. The minimum atomic E-state index is -0.765. The number of imidazole rings is 1. The van der Waals surface area contributed by atoms with E-state index < -0.39 is 17.9 Å². The molecule has 8 heteroatoms. The van der Waals surface area contributed by atoms with E-state index in [4.69, 9.17) is 4.74 Å². The number of carbonyl (C=O) groups is 2. The van der Waals surface area contributed by atoms with Crippen LogP contribution in [0.15, 0.2) is 78.0 Å². The number of aryl methyl sites for hydroxylation is 1. The van der Waals surface area contributed by atoms with Gasteiger partial charge in [-0.1, -0.05) is 18.2 Å². The van der Waals surface area contributed by atoms with Crippen LogP contribution in [-0.4, -0.2) is 27.3 Å². The van der Waals surface area contributed by atoms with Crippen molar-refractivity contribution in [3.8, 4) is 5.75 Å². The third-order valence-electron chi connectivity index (χ3n) is 5.44. The summed E-state index contributed by atoms with van der Waals surface area (Å²) in [6.45, 7) is 5.56. The van der Waals surface area contributed by atoms with Gasteiger partial charge in [-0.15, -0.1) is 11.8 Å². The van der Waals surface area contributed by atoms with Gasteiger partial charge in [0.2, 0.25) is 0 Å². The van der Waals surface area contributed by atoms with E-state index in [1.54, 1.807) is 30.8 Å². The average molecular weight is 475 g/mol. The first-order chi connectivity index (χ1) is 16.4. The monoisotopic (exact) mass is 474 g/mol. The molecule has 0 radical (unpaired) electrons. The predicted octanol–water partition coefficient (Wildman–Crippen LogP) is 4.47. The fourth-order valence-electron chi connectivity index (χ4n) is 3.30. The maximum absolute atomic E-state index is 12.4. The molecular formula is C26H26N4O3S. The van der Waals surface area contributed by atoms with Crippen molar-refractivity contribution in [1.29, 1.82) is 0 Å². The van der Waals surface area contributed by atoms with Gasteiger partial charge in [0.1, 0.15) is 11.4 Å². The molecule has 0 aliphatic carbocycles. The lowest BCUT2D eigenvalue weighted by Crippen LogP contribution is -2.47. The Kier molecular flexibility index (Phi) is 7.18. The van der Waals surface area contributed by atoms with E-state index in [9.17, 15) is 9.59 Å². The van der Waals surface area contributed by atoms with Gasteiger partial charge >= 0.3 is 0 Å². The summed E-state index contributed by atoms with van der Waals surface area (Å²) in [6, 6.07) is 18.8. The highest BCUT2D eigenvalue weighted by Gasteiger charge is 2.17. The highest BCUT2D eigenvalue weighted by molar-refractivity contribution is 7.98. The fourth-order valence-corrected chi connectivity index (χ4v) is 4.09. The first-order valence-electron chi connectivity index (χ1n) is 10.9. The van der Waals surface area contributed by atoms with Gasteiger partial charge in [-0.05, 0) is 74.4 Å². The van der Waals surface area contributed by atoms with Crippen LogP contribution in [-0.2, 0) is 10.5 Å². The Balaban J connectivity index is 1.26. The second kappa shape index (κ2) is 10.4. The summed E-state index contributed by atoms with van der Waals surface area (Å²) in [5, 5.41) is 0. The smallest absolute Gasteiger partial charge is 0.279 e. The number of aromatic nitrogens is 2. The maximum Gasteiger partial charge on any atom is 0.279 e. The Bertz CT molecular complexity index is 1280. The van der Waals surface area contributed by atoms with E-state index >= 15 is 0 Å². The fraction of sp³-hybridized carbons (Fsp3) is 0.192. The summed E-state index contributed by atoms with van der Waals surface area (Å²) in [7, 11) is 0. The summed E-state index contributed by atoms with van der Waals surface area (Å²) >= 11 is 1.64. The van der Waals surface area contributed by atoms with Crippen molar-refractivity contribution in [1.82, 2.24) is 20.2 Å². The molecule has 1 atom stereocenters. The average Bonchev–Trinajstić information content (AvgIpc) is 3.27. The van der Waals surface area contributed by atoms with Gasteiger partial charge in [-0.3, -0.25) is 20.4 Å². The number of hydrazine groups is 1. The Morgan fingerprint density at radius 1 is 1.03 bits per heavy atom. The normalized spacial score (nSPS) is 11.7. The van der Waals surface area contributed by atoms with Gasteiger partial charge in [0.25, 0.3) is 11.8 Å². The first kappa shape index (κ1) is 23.4. The van der Waals surface area contributed by atoms with Crippen LogP contribution in [0.25, 0.3) is 5.65 Å². The summed E-state index contributed by atoms with van der Waals surface area (Å²) in [6.07, 6.45) is 3.22. The third-order valence-corrected chi connectivity index (χ3v) is 6.49. The number of benzene rings is 2. The van der Waals surface area contributed by atoms with Crippen molar-refractivity contribution >= 4 is 29.2 Å². The standard InChI is InChI=1S/C26H26N4O3S/c1-17-7-6-8-23(18(17)2)33-19(3)25(31)28-29-26(32)20-10-12-22(13-11-20)34-16-21-15-30-14-5-4-9-24(30)27-21/h4-15,19H,16H2,1-3H3,(H,28,31)(H,29,32). The van der Waals surface area contributed by atoms with Gasteiger partial charge < -0.3 is 9.14 Å². The third kappa shape index (κ3) is 5.58. The minimum Gasteiger partial charge on any atom is -0.481 e. The molecule has 0 aliphatic heterocycles. The molecule has 2 aromatic carbocycles. The number of hydrogen-bond acceptors (Lipinski definition) is 5. The van der Waals surface area contributed by atoms with Gasteiger partial charge in [-0.2, -0.15) is 0 Å². The number of thioether (sulfide) groups is 1. The number of nitrogens with zero attached hydrogens (tertiary/aromatic N) is 2. The lowest BCUT2D eigenvalue weighted by molar-refractivity contribution is -0.128. The lowest BCUT2D eigenvalue weighted by Gasteiger charge is -2.17. The van der Waals surface area contributed by atoms with Crippen LogP contribution in [0.1, 0.15) is 34.1 Å². The molecule has 0 spiro atoms. The predicted molar refractivity (Wildman–Crippen MR) is 133 cm³/mol. The summed E-state index contributed by atoms with van der Waals surface area (Å²) in [5.41, 5.74) is 9.28. The molecule has 2 amide bonds. The second-order valence-corrected chi connectivity index (χ2v) is 8.96. The first-order valence-corrected chi connectivity index (χ1v) is 11.9.